The summed E-state index contributed by atoms with van der Waals surface area (Å²) >= 11 is -3.15. The molecule has 2 aliphatic heterocycles. The fraction of sp³-hybridized carbons (Fsp3) is 1.00. The summed E-state index contributed by atoms with van der Waals surface area (Å²) in [5, 5.41) is 3.16. The molecule has 0 unspecified atom stereocenters. The normalized spacial score (nSPS) is 30.0. The van der Waals surface area contributed by atoms with Crippen molar-refractivity contribution in [3.8, 4) is 0 Å². The molecule has 0 radical (unpaired) electrons. The van der Waals surface area contributed by atoms with Gasteiger partial charge in [0.2, 0.25) is 0 Å². The van der Waals surface area contributed by atoms with E-state index in [1.165, 1.54) is 0 Å². The average molecular weight is 236 g/mol. The van der Waals surface area contributed by atoms with Crippen molar-refractivity contribution in [3.63, 3.8) is 0 Å². The summed E-state index contributed by atoms with van der Waals surface area (Å²) < 4.78 is 21.8. The molecule has 0 aromatic heterocycles. The van der Waals surface area contributed by atoms with E-state index in [9.17, 15) is 0 Å². The van der Waals surface area contributed by atoms with Crippen LogP contribution in [0, 0.1) is 0 Å². The standard InChI is InChI=1S/C6H13GeNO4/c1-3-9-7(10-4-2-8-1)11-5-6-12-7/h8H,1-6H2. The molecule has 6 heteroatoms. The summed E-state index contributed by atoms with van der Waals surface area (Å²) in [4.78, 5) is 0. The zero-order valence-electron chi connectivity index (χ0n) is 6.88. The van der Waals surface area contributed by atoms with Crippen molar-refractivity contribution in [3.05, 3.63) is 0 Å². The molecule has 1 N–H and O–H groups in total. The van der Waals surface area contributed by atoms with E-state index in [1.807, 2.05) is 0 Å². The van der Waals surface area contributed by atoms with Gasteiger partial charge in [0.25, 0.3) is 0 Å². The monoisotopic (exact) mass is 237 g/mol. The first kappa shape index (κ1) is 8.92. The van der Waals surface area contributed by atoms with E-state index < -0.39 is 14.6 Å². The molecule has 0 atom stereocenters. The van der Waals surface area contributed by atoms with Crippen molar-refractivity contribution in [1.29, 1.82) is 0 Å². The van der Waals surface area contributed by atoms with E-state index in [4.69, 9.17) is 15.1 Å². The van der Waals surface area contributed by atoms with E-state index in [0.717, 1.165) is 13.1 Å². The molecular formula is C6H13GeNO4. The third kappa shape index (κ3) is 1.98. The van der Waals surface area contributed by atoms with Crippen LogP contribution in [0.5, 0.6) is 0 Å². The maximum absolute atomic E-state index is 5.49. The summed E-state index contributed by atoms with van der Waals surface area (Å²) in [6.07, 6.45) is 0. The van der Waals surface area contributed by atoms with Crippen LogP contribution in [-0.2, 0) is 15.1 Å². The summed E-state index contributed by atoms with van der Waals surface area (Å²) in [7, 11) is 0. The Kier molecular flexibility index (Phi) is 3.00. The first-order valence-corrected chi connectivity index (χ1v) is 7.60. The van der Waals surface area contributed by atoms with Gasteiger partial charge in [0, 0.05) is 0 Å². The molecule has 5 nitrogen and oxygen atoms in total. The van der Waals surface area contributed by atoms with E-state index in [0.29, 0.717) is 26.4 Å². The van der Waals surface area contributed by atoms with Crippen LogP contribution in [0.25, 0.3) is 0 Å². The molecule has 2 fully saturated rings. The predicted octanol–water partition coefficient (Wildman–Crippen LogP) is -0.895. The fourth-order valence-electron chi connectivity index (χ4n) is 1.20. The summed E-state index contributed by atoms with van der Waals surface area (Å²) in [5.41, 5.74) is 0. The minimum absolute atomic E-state index is 0.618. The molecule has 2 aliphatic rings. The molecule has 0 aromatic rings. The summed E-state index contributed by atoms with van der Waals surface area (Å²) in [6.45, 7) is 4.19. The van der Waals surface area contributed by atoms with E-state index in [2.05, 4.69) is 5.32 Å². The fourth-order valence-corrected chi connectivity index (χ4v) is 5.13. The van der Waals surface area contributed by atoms with E-state index in [1.54, 1.807) is 0 Å². The van der Waals surface area contributed by atoms with Crippen molar-refractivity contribution >= 4 is 14.6 Å². The van der Waals surface area contributed by atoms with E-state index in [-0.39, 0.29) is 0 Å². The van der Waals surface area contributed by atoms with Crippen molar-refractivity contribution in [1.82, 2.24) is 5.32 Å². The zero-order valence-corrected chi connectivity index (χ0v) is 8.97. The van der Waals surface area contributed by atoms with Crippen LogP contribution in [0.3, 0.4) is 0 Å². The van der Waals surface area contributed by atoms with Gasteiger partial charge in [-0.3, -0.25) is 0 Å². The van der Waals surface area contributed by atoms with Gasteiger partial charge >= 0.3 is 74.5 Å². The predicted molar refractivity (Wildman–Crippen MR) is 42.4 cm³/mol. The van der Waals surface area contributed by atoms with Gasteiger partial charge in [0.15, 0.2) is 0 Å². The van der Waals surface area contributed by atoms with Crippen LogP contribution in [0.2, 0.25) is 0 Å². The van der Waals surface area contributed by atoms with Gasteiger partial charge in [0.1, 0.15) is 0 Å². The number of nitrogens with one attached hydrogen (secondary N) is 1. The van der Waals surface area contributed by atoms with Gasteiger partial charge in [-0.1, -0.05) is 0 Å². The molecule has 0 amide bonds. The number of rotatable bonds is 0. The van der Waals surface area contributed by atoms with Gasteiger partial charge < -0.3 is 0 Å². The van der Waals surface area contributed by atoms with Gasteiger partial charge in [-0.15, -0.1) is 0 Å². The van der Waals surface area contributed by atoms with Crippen LogP contribution >= 0.6 is 0 Å². The molecule has 12 heavy (non-hydrogen) atoms. The molecule has 2 heterocycles. The van der Waals surface area contributed by atoms with Gasteiger partial charge in [-0.2, -0.15) is 0 Å². The molecule has 0 aromatic carbocycles. The molecule has 2 saturated heterocycles. The van der Waals surface area contributed by atoms with Crippen LogP contribution in [0.1, 0.15) is 0 Å². The van der Waals surface area contributed by atoms with Crippen molar-refractivity contribution in [2.75, 3.05) is 39.5 Å². The maximum atomic E-state index is 5.49. The Balaban J connectivity index is 1.92. The van der Waals surface area contributed by atoms with E-state index >= 15 is 0 Å². The van der Waals surface area contributed by atoms with Crippen LogP contribution in [-0.4, -0.2) is 54.1 Å². The van der Waals surface area contributed by atoms with Crippen LogP contribution in [0.4, 0.5) is 0 Å². The second-order valence-electron chi connectivity index (χ2n) is 2.64. The molecule has 2 rings (SSSR count). The number of hydrogen-bond donors (Lipinski definition) is 1. The van der Waals surface area contributed by atoms with Gasteiger partial charge in [0.05, 0.1) is 0 Å². The first-order chi connectivity index (χ1) is 5.91. The van der Waals surface area contributed by atoms with Crippen molar-refractivity contribution in [2.45, 2.75) is 0 Å². The Labute approximate surface area is 75.0 Å². The minimum atomic E-state index is -3.15. The summed E-state index contributed by atoms with van der Waals surface area (Å²) in [5.74, 6) is 0. The second kappa shape index (κ2) is 4.03. The molecular weight excluding hydrogens is 223 g/mol. The van der Waals surface area contributed by atoms with Crippen LogP contribution in [0.15, 0.2) is 0 Å². The Morgan fingerprint density at radius 3 is 1.83 bits per heavy atom. The van der Waals surface area contributed by atoms with Gasteiger partial charge in [-0.25, -0.2) is 0 Å². The quantitative estimate of drug-likeness (QED) is 0.552. The van der Waals surface area contributed by atoms with Crippen LogP contribution < -0.4 is 5.32 Å². The molecule has 70 valence electrons. The SMILES string of the molecule is C1C[O][Ge]2([O]CCN1)[O]CC[O]2. The Morgan fingerprint density at radius 2 is 1.25 bits per heavy atom. The average Bonchev–Trinajstić information content (AvgIpc) is 2.47. The van der Waals surface area contributed by atoms with Gasteiger partial charge in [-0.05, 0) is 0 Å². The third-order valence-corrected chi connectivity index (χ3v) is 6.44. The molecule has 1 spiro atoms. The van der Waals surface area contributed by atoms with Crippen molar-refractivity contribution in [2.24, 2.45) is 0 Å². The first-order valence-electron chi connectivity index (χ1n) is 4.18. The summed E-state index contributed by atoms with van der Waals surface area (Å²) in [6, 6.07) is 0. The number of hydrogen-bond acceptors (Lipinski definition) is 5. The molecule has 0 bridgehead atoms. The molecule has 0 aliphatic carbocycles. The Hall–Kier alpha value is 0.343. The van der Waals surface area contributed by atoms with Crippen molar-refractivity contribution < 1.29 is 15.1 Å². The third-order valence-electron chi connectivity index (χ3n) is 1.76. The topological polar surface area (TPSA) is 49.0 Å². The molecule has 0 saturated carbocycles. The zero-order chi connectivity index (χ0) is 8.28. The Bertz CT molecular complexity index is 140. The second-order valence-corrected chi connectivity index (χ2v) is 7.16. The Morgan fingerprint density at radius 1 is 0.750 bits per heavy atom.